The molecule has 1 heterocycles. The first-order valence-corrected chi connectivity index (χ1v) is 4.13. The van der Waals surface area contributed by atoms with Crippen molar-refractivity contribution >= 4 is 23.4 Å². The summed E-state index contributed by atoms with van der Waals surface area (Å²) in [4.78, 5) is 10.3. The van der Waals surface area contributed by atoms with Crippen LogP contribution >= 0.6 is 11.6 Å². The minimum Gasteiger partial charge on any atom is -0.481 e. The molecule has 0 fully saturated rings. The molecule has 1 rings (SSSR count). The molecule has 0 radical (unpaired) electrons. The van der Waals surface area contributed by atoms with E-state index in [9.17, 15) is 4.79 Å². The highest BCUT2D eigenvalue weighted by molar-refractivity contribution is 6.30. The molecule has 0 aliphatic heterocycles. The van der Waals surface area contributed by atoms with E-state index in [2.05, 4.69) is 0 Å². The normalized spacial score (nSPS) is 9.92. The summed E-state index contributed by atoms with van der Waals surface area (Å²) >= 11 is 5.71. The molecule has 70 valence electrons. The van der Waals surface area contributed by atoms with E-state index in [1.54, 1.807) is 22.9 Å². The van der Waals surface area contributed by atoms with Crippen LogP contribution in [0.15, 0.2) is 18.3 Å². The van der Waals surface area contributed by atoms with Gasteiger partial charge >= 0.3 is 5.97 Å². The summed E-state index contributed by atoms with van der Waals surface area (Å²) in [5.74, 6) is -0.350. The molecule has 0 aromatic carbocycles. The fraction of sp³-hybridized carbons (Fsp3) is 0.250. The Hall–Kier alpha value is -1.29. The smallest absolute Gasteiger partial charge is 0.307 e. The number of nitrogens with two attached hydrogens (primary N) is 1. The highest BCUT2D eigenvalue weighted by atomic mass is 35.5. The minimum atomic E-state index is -0.855. The number of carboxylic acid groups (broad SMARTS) is 1. The Morgan fingerprint density at radius 1 is 1.62 bits per heavy atom. The third kappa shape index (κ3) is 2.91. The summed E-state index contributed by atoms with van der Waals surface area (Å²) < 4.78 is 1.61. The number of anilines is 1. The maximum Gasteiger partial charge on any atom is 0.307 e. The molecular formula is C8H10ClN2O2+. The van der Waals surface area contributed by atoms with Gasteiger partial charge < -0.3 is 5.11 Å². The maximum atomic E-state index is 10.3. The van der Waals surface area contributed by atoms with Crippen molar-refractivity contribution in [3.8, 4) is 0 Å². The number of aryl methyl sites for hydroxylation is 1. The highest BCUT2D eigenvalue weighted by Gasteiger charge is 2.06. The average molecular weight is 202 g/mol. The van der Waals surface area contributed by atoms with E-state index in [0.29, 0.717) is 17.4 Å². The van der Waals surface area contributed by atoms with Gasteiger partial charge in [-0.3, -0.25) is 10.5 Å². The number of nitrogen functional groups attached to an aromatic ring is 1. The number of hydrogen-bond acceptors (Lipinski definition) is 2. The number of nitrogens with zero attached hydrogens (tertiary/aromatic N) is 1. The molecule has 0 aliphatic carbocycles. The summed E-state index contributed by atoms with van der Waals surface area (Å²) in [6.45, 7) is 0.335. The molecule has 0 spiro atoms. The molecule has 0 saturated carbocycles. The van der Waals surface area contributed by atoms with Crippen molar-refractivity contribution in [1.29, 1.82) is 0 Å². The summed E-state index contributed by atoms with van der Waals surface area (Å²) in [7, 11) is 0. The molecule has 13 heavy (non-hydrogen) atoms. The van der Waals surface area contributed by atoms with Crippen molar-refractivity contribution in [2.24, 2.45) is 0 Å². The topological polar surface area (TPSA) is 67.2 Å². The molecule has 0 bridgehead atoms. The summed E-state index contributed by atoms with van der Waals surface area (Å²) in [6, 6.07) is 3.30. The zero-order valence-corrected chi connectivity index (χ0v) is 7.66. The molecule has 0 amide bonds. The second kappa shape index (κ2) is 4.09. The predicted molar refractivity (Wildman–Crippen MR) is 48.3 cm³/mol. The molecule has 5 heteroatoms. The van der Waals surface area contributed by atoms with Crippen LogP contribution in [0.3, 0.4) is 0 Å². The Labute approximate surface area is 80.6 Å². The van der Waals surface area contributed by atoms with Crippen molar-refractivity contribution in [2.45, 2.75) is 13.0 Å². The van der Waals surface area contributed by atoms with Gasteiger partial charge in [0.15, 0.2) is 0 Å². The van der Waals surface area contributed by atoms with Gasteiger partial charge in [-0.25, -0.2) is 4.57 Å². The minimum absolute atomic E-state index is 0.0369. The van der Waals surface area contributed by atoms with Gasteiger partial charge in [-0.15, -0.1) is 0 Å². The first kappa shape index (κ1) is 9.80. The lowest BCUT2D eigenvalue weighted by molar-refractivity contribution is -0.681. The van der Waals surface area contributed by atoms with Crippen LogP contribution < -0.4 is 10.3 Å². The second-order valence-electron chi connectivity index (χ2n) is 2.61. The Morgan fingerprint density at radius 2 is 2.31 bits per heavy atom. The van der Waals surface area contributed by atoms with Crippen LogP contribution in [0.5, 0.6) is 0 Å². The quantitative estimate of drug-likeness (QED) is 0.707. The lowest BCUT2D eigenvalue weighted by Gasteiger charge is -2.00. The van der Waals surface area contributed by atoms with Crippen LogP contribution in [-0.4, -0.2) is 11.1 Å². The van der Waals surface area contributed by atoms with Crippen molar-refractivity contribution < 1.29 is 14.5 Å². The van der Waals surface area contributed by atoms with E-state index < -0.39 is 5.97 Å². The SMILES string of the molecule is Nc1ccc(Cl)c[n+]1CCC(=O)O. The largest absolute Gasteiger partial charge is 0.481 e. The number of halogens is 1. The van der Waals surface area contributed by atoms with Crippen molar-refractivity contribution in [1.82, 2.24) is 0 Å². The van der Waals surface area contributed by atoms with Gasteiger partial charge in [0.05, 0.1) is 11.4 Å². The molecule has 3 N–H and O–H groups in total. The first-order valence-electron chi connectivity index (χ1n) is 3.76. The molecular weight excluding hydrogens is 192 g/mol. The fourth-order valence-corrected chi connectivity index (χ4v) is 1.12. The molecule has 0 unspecified atom stereocenters. The summed E-state index contributed by atoms with van der Waals surface area (Å²) in [5.41, 5.74) is 5.59. The van der Waals surface area contributed by atoms with E-state index in [4.69, 9.17) is 22.4 Å². The van der Waals surface area contributed by atoms with E-state index in [1.807, 2.05) is 0 Å². The van der Waals surface area contributed by atoms with Crippen LogP contribution in [-0.2, 0) is 11.3 Å². The van der Waals surface area contributed by atoms with Gasteiger partial charge in [0.2, 0.25) is 0 Å². The van der Waals surface area contributed by atoms with Crippen LogP contribution in [0.25, 0.3) is 0 Å². The molecule has 0 atom stereocenters. The van der Waals surface area contributed by atoms with Gasteiger partial charge in [-0.2, -0.15) is 0 Å². The number of carbonyl (C=O) groups is 1. The Balaban J connectivity index is 2.75. The third-order valence-corrected chi connectivity index (χ3v) is 1.81. The zero-order valence-electron chi connectivity index (χ0n) is 6.90. The standard InChI is InChI=1S/C8H9ClN2O2/c9-6-1-2-7(10)11(5-6)4-3-8(12)13/h1-2,5,10H,3-4H2,(H,12,13)/p+1. The van der Waals surface area contributed by atoms with Crippen molar-refractivity contribution in [3.05, 3.63) is 23.4 Å². The Kier molecular flexibility index (Phi) is 3.08. The predicted octanol–water partition coefficient (Wildman–Crippen LogP) is 0.684. The number of hydrogen-bond donors (Lipinski definition) is 2. The highest BCUT2D eigenvalue weighted by Crippen LogP contribution is 2.05. The van der Waals surface area contributed by atoms with E-state index >= 15 is 0 Å². The lowest BCUT2D eigenvalue weighted by atomic mass is 10.4. The average Bonchev–Trinajstić information content (AvgIpc) is 2.06. The number of carboxylic acids is 1. The number of rotatable bonds is 3. The third-order valence-electron chi connectivity index (χ3n) is 1.59. The monoisotopic (exact) mass is 201 g/mol. The van der Waals surface area contributed by atoms with Gasteiger partial charge in [-0.1, -0.05) is 11.6 Å². The molecule has 0 saturated heterocycles. The lowest BCUT2D eigenvalue weighted by Crippen LogP contribution is -2.37. The molecule has 4 nitrogen and oxygen atoms in total. The van der Waals surface area contributed by atoms with Gasteiger partial charge in [0.1, 0.15) is 12.7 Å². The van der Waals surface area contributed by atoms with Crippen LogP contribution in [0, 0.1) is 0 Å². The van der Waals surface area contributed by atoms with E-state index in [0.717, 1.165) is 0 Å². The van der Waals surface area contributed by atoms with E-state index in [1.165, 1.54) is 0 Å². The zero-order chi connectivity index (χ0) is 9.84. The maximum absolute atomic E-state index is 10.3. The van der Waals surface area contributed by atoms with Crippen LogP contribution in [0.2, 0.25) is 5.02 Å². The Bertz CT molecular complexity index is 328. The van der Waals surface area contributed by atoms with Gasteiger partial charge in [-0.05, 0) is 6.07 Å². The molecule has 0 aliphatic rings. The molecule has 1 aromatic rings. The first-order chi connectivity index (χ1) is 6.09. The number of pyridine rings is 1. The van der Waals surface area contributed by atoms with E-state index in [-0.39, 0.29) is 6.42 Å². The van der Waals surface area contributed by atoms with Gasteiger partial charge in [0.25, 0.3) is 5.82 Å². The summed E-state index contributed by atoms with van der Waals surface area (Å²) in [6.07, 6.45) is 1.65. The van der Waals surface area contributed by atoms with Crippen molar-refractivity contribution in [2.75, 3.05) is 5.73 Å². The van der Waals surface area contributed by atoms with Gasteiger partial charge in [0, 0.05) is 6.07 Å². The fourth-order valence-electron chi connectivity index (χ4n) is 0.937. The number of aliphatic carboxylic acids is 1. The number of aromatic nitrogens is 1. The summed E-state index contributed by atoms with van der Waals surface area (Å²) in [5, 5.41) is 8.99. The van der Waals surface area contributed by atoms with Crippen LogP contribution in [0.4, 0.5) is 5.82 Å². The van der Waals surface area contributed by atoms with Crippen molar-refractivity contribution in [3.63, 3.8) is 0 Å². The second-order valence-corrected chi connectivity index (χ2v) is 3.05. The van der Waals surface area contributed by atoms with Crippen LogP contribution in [0.1, 0.15) is 6.42 Å². The Morgan fingerprint density at radius 3 is 2.92 bits per heavy atom. The molecule has 1 aromatic heterocycles.